The van der Waals surface area contributed by atoms with Crippen LogP contribution < -0.4 is 5.73 Å². The molecular formula is C10H19N3O. The number of unbranched alkanes of at least 4 members (excludes halogenated alkanes) is 1. The fraction of sp³-hybridized carbons (Fsp3) is 0.700. The van der Waals surface area contributed by atoms with Crippen molar-refractivity contribution < 1.29 is 4.74 Å². The molecule has 0 unspecified atom stereocenters. The monoisotopic (exact) mass is 197 g/mol. The summed E-state index contributed by atoms with van der Waals surface area (Å²) in [5.41, 5.74) is 7.09. The Balaban J connectivity index is 2.55. The van der Waals surface area contributed by atoms with E-state index in [1.807, 2.05) is 6.20 Å². The van der Waals surface area contributed by atoms with Gasteiger partial charge in [0.15, 0.2) is 0 Å². The molecule has 1 aromatic rings. The van der Waals surface area contributed by atoms with Crippen LogP contribution in [-0.2, 0) is 17.7 Å². The van der Waals surface area contributed by atoms with Crippen molar-refractivity contribution in [2.24, 2.45) is 0 Å². The van der Waals surface area contributed by atoms with E-state index in [1.54, 1.807) is 11.8 Å². The molecule has 2 N–H and O–H groups in total. The second kappa shape index (κ2) is 5.65. The minimum atomic E-state index is 0.652. The predicted octanol–water partition coefficient (Wildman–Crippen LogP) is 1.45. The molecule has 0 bridgehead atoms. The fourth-order valence-electron chi connectivity index (χ4n) is 1.35. The number of nitrogens with two attached hydrogens (primary N) is 1. The van der Waals surface area contributed by atoms with Crippen LogP contribution in [0.2, 0.25) is 0 Å². The van der Waals surface area contributed by atoms with Crippen LogP contribution in [0, 0.1) is 0 Å². The van der Waals surface area contributed by atoms with Gasteiger partial charge >= 0.3 is 0 Å². The highest BCUT2D eigenvalue weighted by Crippen LogP contribution is 2.13. The Bertz CT molecular complexity index is 245. The Hall–Kier alpha value is -1.03. The number of anilines is 1. The lowest BCUT2D eigenvalue weighted by Crippen LogP contribution is -2.09. The number of rotatable bonds is 6. The van der Waals surface area contributed by atoms with E-state index in [1.165, 1.54) is 12.8 Å². The summed E-state index contributed by atoms with van der Waals surface area (Å²) in [5.74, 6) is 0.788. The van der Waals surface area contributed by atoms with Crippen LogP contribution in [0.5, 0.6) is 0 Å². The minimum absolute atomic E-state index is 0.652. The average molecular weight is 197 g/mol. The molecule has 80 valence electrons. The van der Waals surface area contributed by atoms with Gasteiger partial charge in [-0.15, -0.1) is 0 Å². The van der Waals surface area contributed by atoms with Crippen molar-refractivity contribution in [3.05, 3.63) is 11.8 Å². The summed E-state index contributed by atoms with van der Waals surface area (Å²) in [6.45, 7) is 3.55. The summed E-state index contributed by atoms with van der Waals surface area (Å²) < 4.78 is 6.77. The summed E-state index contributed by atoms with van der Waals surface area (Å²) in [6, 6.07) is 0. The Morgan fingerprint density at radius 2 is 2.36 bits per heavy atom. The zero-order valence-electron chi connectivity index (χ0n) is 8.99. The summed E-state index contributed by atoms with van der Waals surface area (Å²) in [6.07, 6.45) is 5.23. The number of hydrogen-bond donors (Lipinski definition) is 1. The zero-order valence-corrected chi connectivity index (χ0v) is 8.99. The van der Waals surface area contributed by atoms with Crippen molar-refractivity contribution in [3.63, 3.8) is 0 Å². The smallest absolute Gasteiger partial charge is 0.124 e. The number of aromatic nitrogens is 2. The lowest BCUT2D eigenvalue weighted by molar-refractivity contribution is 0.184. The van der Waals surface area contributed by atoms with Gasteiger partial charge in [-0.25, -0.2) is 4.68 Å². The van der Waals surface area contributed by atoms with E-state index in [2.05, 4.69) is 12.0 Å². The molecule has 14 heavy (non-hydrogen) atoms. The summed E-state index contributed by atoms with van der Waals surface area (Å²) in [7, 11) is 1.68. The third kappa shape index (κ3) is 2.73. The molecule has 4 heteroatoms. The average Bonchev–Trinajstić information content (AvgIpc) is 2.54. The highest BCUT2D eigenvalue weighted by atomic mass is 16.5. The number of nitrogen functional groups attached to an aromatic ring is 1. The van der Waals surface area contributed by atoms with Gasteiger partial charge in [-0.2, -0.15) is 5.10 Å². The Morgan fingerprint density at radius 1 is 1.57 bits per heavy atom. The van der Waals surface area contributed by atoms with Crippen LogP contribution in [0.15, 0.2) is 6.20 Å². The quantitative estimate of drug-likeness (QED) is 0.751. The lowest BCUT2D eigenvalue weighted by Gasteiger charge is -2.03. The van der Waals surface area contributed by atoms with Crippen molar-refractivity contribution in [2.75, 3.05) is 19.5 Å². The van der Waals surface area contributed by atoms with E-state index in [9.17, 15) is 0 Å². The third-order valence-corrected chi connectivity index (χ3v) is 2.27. The molecule has 0 saturated carbocycles. The molecule has 0 spiro atoms. The molecule has 0 amide bonds. The van der Waals surface area contributed by atoms with Crippen molar-refractivity contribution in [1.29, 1.82) is 0 Å². The first-order chi connectivity index (χ1) is 6.79. The minimum Gasteiger partial charge on any atom is -0.384 e. The molecule has 0 aliphatic carbocycles. The SMILES string of the molecule is CCCCc1cnn(CCOC)c1N. The van der Waals surface area contributed by atoms with Gasteiger partial charge in [0, 0.05) is 12.7 Å². The second-order valence-corrected chi connectivity index (χ2v) is 3.37. The first-order valence-electron chi connectivity index (χ1n) is 5.08. The number of ether oxygens (including phenoxy) is 1. The molecule has 0 saturated heterocycles. The summed E-state index contributed by atoms with van der Waals surface area (Å²) in [4.78, 5) is 0. The largest absolute Gasteiger partial charge is 0.384 e. The summed E-state index contributed by atoms with van der Waals surface area (Å²) >= 11 is 0. The van der Waals surface area contributed by atoms with Gasteiger partial charge in [-0.1, -0.05) is 13.3 Å². The first-order valence-corrected chi connectivity index (χ1v) is 5.08. The van der Waals surface area contributed by atoms with Gasteiger partial charge in [0.1, 0.15) is 5.82 Å². The molecule has 0 fully saturated rings. The van der Waals surface area contributed by atoms with Crippen molar-refractivity contribution in [1.82, 2.24) is 9.78 Å². The lowest BCUT2D eigenvalue weighted by atomic mass is 10.1. The Morgan fingerprint density at radius 3 is 3.00 bits per heavy atom. The maximum absolute atomic E-state index is 5.93. The van der Waals surface area contributed by atoms with E-state index >= 15 is 0 Å². The molecule has 0 aliphatic heterocycles. The van der Waals surface area contributed by atoms with Crippen molar-refractivity contribution >= 4 is 5.82 Å². The van der Waals surface area contributed by atoms with E-state index in [4.69, 9.17) is 10.5 Å². The molecule has 0 aromatic carbocycles. The van der Waals surface area contributed by atoms with Crippen LogP contribution >= 0.6 is 0 Å². The molecule has 1 rings (SSSR count). The van der Waals surface area contributed by atoms with E-state index in [0.29, 0.717) is 6.61 Å². The van der Waals surface area contributed by atoms with Crippen molar-refractivity contribution in [2.45, 2.75) is 32.7 Å². The Kier molecular flexibility index (Phi) is 4.46. The van der Waals surface area contributed by atoms with Gasteiger partial charge < -0.3 is 10.5 Å². The fourth-order valence-corrected chi connectivity index (χ4v) is 1.35. The van der Waals surface area contributed by atoms with E-state index in [-0.39, 0.29) is 0 Å². The highest BCUT2D eigenvalue weighted by Gasteiger charge is 2.05. The van der Waals surface area contributed by atoms with Crippen molar-refractivity contribution in [3.8, 4) is 0 Å². The highest BCUT2D eigenvalue weighted by molar-refractivity contribution is 5.38. The number of hydrogen-bond acceptors (Lipinski definition) is 3. The molecule has 4 nitrogen and oxygen atoms in total. The molecule has 0 atom stereocenters. The maximum atomic E-state index is 5.93. The number of nitrogens with zero attached hydrogens (tertiary/aromatic N) is 2. The van der Waals surface area contributed by atoms with Gasteiger partial charge in [0.25, 0.3) is 0 Å². The number of methoxy groups -OCH3 is 1. The van der Waals surface area contributed by atoms with Gasteiger partial charge in [0.05, 0.1) is 19.3 Å². The molecule has 1 aromatic heterocycles. The summed E-state index contributed by atoms with van der Waals surface area (Å²) in [5, 5.41) is 4.22. The van der Waals surface area contributed by atoms with Gasteiger partial charge in [-0.05, 0) is 12.8 Å². The first kappa shape index (κ1) is 11.0. The molecule has 1 heterocycles. The zero-order chi connectivity index (χ0) is 10.4. The standard InChI is InChI=1S/C10H19N3O/c1-3-4-5-9-8-12-13(10(9)11)6-7-14-2/h8H,3-7,11H2,1-2H3. The maximum Gasteiger partial charge on any atom is 0.124 e. The Labute approximate surface area is 85.0 Å². The van der Waals surface area contributed by atoms with Crippen LogP contribution in [-0.4, -0.2) is 23.5 Å². The predicted molar refractivity (Wildman–Crippen MR) is 57.1 cm³/mol. The molecular weight excluding hydrogens is 178 g/mol. The van der Waals surface area contributed by atoms with Crippen LogP contribution in [0.4, 0.5) is 5.82 Å². The second-order valence-electron chi connectivity index (χ2n) is 3.37. The van der Waals surface area contributed by atoms with Gasteiger partial charge in [0.2, 0.25) is 0 Å². The normalized spacial score (nSPS) is 10.7. The van der Waals surface area contributed by atoms with Gasteiger partial charge in [-0.3, -0.25) is 0 Å². The topological polar surface area (TPSA) is 53.1 Å². The molecule has 0 radical (unpaired) electrons. The van der Waals surface area contributed by atoms with E-state index < -0.39 is 0 Å². The third-order valence-electron chi connectivity index (χ3n) is 2.27. The van der Waals surface area contributed by atoms with Crippen LogP contribution in [0.25, 0.3) is 0 Å². The van der Waals surface area contributed by atoms with E-state index in [0.717, 1.165) is 24.3 Å². The molecule has 0 aliphatic rings. The van der Waals surface area contributed by atoms with Crippen LogP contribution in [0.3, 0.4) is 0 Å². The number of aryl methyl sites for hydroxylation is 1. The van der Waals surface area contributed by atoms with Crippen LogP contribution in [0.1, 0.15) is 25.3 Å².